The summed E-state index contributed by atoms with van der Waals surface area (Å²) in [4.78, 5) is 27.5. The molecule has 0 saturated carbocycles. The summed E-state index contributed by atoms with van der Waals surface area (Å²) >= 11 is 3.38. The van der Waals surface area contributed by atoms with Crippen molar-refractivity contribution in [3.8, 4) is 0 Å². The number of benzene rings is 2. The molecule has 36 heavy (non-hydrogen) atoms. The Labute approximate surface area is 220 Å². The van der Waals surface area contributed by atoms with Gasteiger partial charge in [0.25, 0.3) is 0 Å². The van der Waals surface area contributed by atoms with E-state index in [9.17, 15) is 26.8 Å². The Hall–Kier alpha value is -2.53. The minimum Gasteiger partial charge on any atom is -0.352 e. The van der Waals surface area contributed by atoms with Crippen LogP contribution in [-0.4, -0.2) is 50.0 Å². The Bertz CT molecular complexity index is 1160. The van der Waals surface area contributed by atoms with E-state index in [-0.39, 0.29) is 49.5 Å². The molecule has 0 spiro atoms. The van der Waals surface area contributed by atoms with Crippen LogP contribution in [0.1, 0.15) is 45.6 Å². The van der Waals surface area contributed by atoms with Gasteiger partial charge in [-0.15, -0.1) is 0 Å². The lowest BCUT2D eigenvalue weighted by Crippen LogP contribution is -2.49. The van der Waals surface area contributed by atoms with Gasteiger partial charge in [-0.3, -0.25) is 13.9 Å². The SMILES string of the molecule is CC[C@H](C)NC(=O)[C@@H](C)N(Cc1ccc(Br)cc1)C(=O)CCCN(c1ccc(F)c(F)c1)S(C)(=O)=O. The smallest absolute Gasteiger partial charge is 0.242 e. The number of hydrogen-bond donors (Lipinski definition) is 1. The molecule has 2 rings (SSSR count). The van der Waals surface area contributed by atoms with Crippen molar-refractivity contribution in [2.24, 2.45) is 0 Å². The second-order valence-electron chi connectivity index (χ2n) is 8.68. The Kier molecular flexibility index (Phi) is 10.8. The summed E-state index contributed by atoms with van der Waals surface area (Å²) in [6.45, 7) is 5.55. The maximum Gasteiger partial charge on any atom is 0.242 e. The van der Waals surface area contributed by atoms with Crippen LogP contribution in [-0.2, 0) is 26.2 Å². The average molecular weight is 589 g/mol. The lowest BCUT2D eigenvalue weighted by Gasteiger charge is -2.30. The van der Waals surface area contributed by atoms with E-state index in [1.165, 1.54) is 11.0 Å². The number of halogens is 3. The van der Waals surface area contributed by atoms with Crippen LogP contribution in [0.2, 0.25) is 0 Å². The number of anilines is 1. The number of sulfonamides is 1. The number of nitrogens with one attached hydrogen (secondary N) is 1. The van der Waals surface area contributed by atoms with Crippen molar-refractivity contribution in [3.63, 3.8) is 0 Å². The van der Waals surface area contributed by atoms with Crippen LogP contribution in [0, 0.1) is 11.6 Å². The highest BCUT2D eigenvalue weighted by Gasteiger charge is 2.27. The number of nitrogens with zero attached hydrogens (tertiary/aromatic N) is 2. The lowest BCUT2D eigenvalue weighted by molar-refractivity contribution is -0.140. The zero-order valence-electron chi connectivity index (χ0n) is 20.8. The van der Waals surface area contributed by atoms with Crippen molar-refractivity contribution in [3.05, 3.63) is 64.1 Å². The van der Waals surface area contributed by atoms with Crippen LogP contribution < -0.4 is 9.62 Å². The van der Waals surface area contributed by atoms with Gasteiger partial charge in [0.2, 0.25) is 21.8 Å². The van der Waals surface area contributed by atoms with Gasteiger partial charge in [-0.2, -0.15) is 0 Å². The fourth-order valence-electron chi connectivity index (χ4n) is 3.48. The highest BCUT2D eigenvalue weighted by atomic mass is 79.9. The van der Waals surface area contributed by atoms with Gasteiger partial charge in [0, 0.05) is 36.1 Å². The molecule has 0 unspecified atom stereocenters. The molecule has 0 fully saturated rings. The molecule has 0 aromatic heterocycles. The third-order valence-electron chi connectivity index (χ3n) is 5.78. The normalized spacial score (nSPS) is 13.1. The molecule has 2 atom stereocenters. The van der Waals surface area contributed by atoms with Gasteiger partial charge in [-0.1, -0.05) is 35.0 Å². The van der Waals surface area contributed by atoms with E-state index < -0.39 is 27.7 Å². The minimum absolute atomic E-state index is 0.0307. The second-order valence-corrected chi connectivity index (χ2v) is 11.5. The number of carbonyl (C=O) groups is 2. The minimum atomic E-state index is -3.81. The molecular formula is C25H32BrF2N3O4S. The summed E-state index contributed by atoms with van der Waals surface area (Å²) in [7, 11) is -3.81. The van der Waals surface area contributed by atoms with E-state index in [4.69, 9.17) is 0 Å². The van der Waals surface area contributed by atoms with Crippen molar-refractivity contribution in [2.75, 3.05) is 17.1 Å². The molecule has 0 saturated heterocycles. The molecule has 7 nitrogen and oxygen atoms in total. The maximum absolute atomic E-state index is 13.7. The van der Waals surface area contributed by atoms with Crippen molar-refractivity contribution >= 4 is 43.5 Å². The zero-order valence-corrected chi connectivity index (χ0v) is 23.2. The van der Waals surface area contributed by atoms with Crippen LogP contribution in [0.25, 0.3) is 0 Å². The van der Waals surface area contributed by atoms with Crippen molar-refractivity contribution in [2.45, 2.75) is 58.7 Å². The summed E-state index contributed by atoms with van der Waals surface area (Å²) in [6, 6.07) is 9.39. The molecular weight excluding hydrogens is 556 g/mol. The molecule has 0 aliphatic carbocycles. The van der Waals surface area contributed by atoms with E-state index in [0.29, 0.717) is 0 Å². The highest BCUT2D eigenvalue weighted by molar-refractivity contribution is 9.10. The summed E-state index contributed by atoms with van der Waals surface area (Å²) in [6.07, 6.45) is 1.76. The lowest BCUT2D eigenvalue weighted by atomic mass is 10.1. The Balaban J connectivity index is 2.18. The Morgan fingerprint density at radius 2 is 1.69 bits per heavy atom. The molecule has 11 heteroatoms. The monoisotopic (exact) mass is 587 g/mol. The summed E-state index contributed by atoms with van der Waals surface area (Å²) in [5.74, 6) is -2.87. The molecule has 0 heterocycles. The fourth-order valence-corrected chi connectivity index (χ4v) is 4.70. The van der Waals surface area contributed by atoms with Gasteiger partial charge in [0.1, 0.15) is 6.04 Å². The molecule has 1 N–H and O–H groups in total. The van der Waals surface area contributed by atoms with E-state index >= 15 is 0 Å². The maximum atomic E-state index is 13.7. The topological polar surface area (TPSA) is 86.8 Å². The molecule has 2 aromatic carbocycles. The average Bonchev–Trinajstić information content (AvgIpc) is 2.81. The molecule has 2 aromatic rings. The first-order valence-corrected chi connectivity index (χ1v) is 14.2. The summed E-state index contributed by atoms with van der Waals surface area (Å²) < 4.78 is 53.4. The van der Waals surface area contributed by atoms with Crippen LogP contribution in [0.3, 0.4) is 0 Å². The number of carbonyl (C=O) groups excluding carboxylic acids is 2. The quantitative estimate of drug-likeness (QED) is 0.393. The van der Waals surface area contributed by atoms with Crippen LogP contribution in [0.5, 0.6) is 0 Å². The van der Waals surface area contributed by atoms with Crippen molar-refractivity contribution < 1.29 is 26.8 Å². The predicted molar refractivity (Wildman–Crippen MR) is 140 cm³/mol. The first-order valence-electron chi connectivity index (χ1n) is 11.6. The number of hydrogen-bond acceptors (Lipinski definition) is 4. The molecule has 0 aliphatic heterocycles. The summed E-state index contributed by atoms with van der Waals surface area (Å²) in [5.41, 5.74) is 0.797. The summed E-state index contributed by atoms with van der Waals surface area (Å²) in [5, 5.41) is 2.89. The predicted octanol–water partition coefficient (Wildman–Crippen LogP) is 4.61. The number of amides is 2. The van der Waals surface area contributed by atoms with Crippen LogP contribution in [0.4, 0.5) is 14.5 Å². The van der Waals surface area contributed by atoms with E-state index in [1.54, 1.807) is 6.92 Å². The first kappa shape index (κ1) is 29.7. The zero-order chi connectivity index (χ0) is 27.0. The third kappa shape index (κ3) is 8.55. The van der Waals surface area contributed by atoms with E-state index in [1.807, 2.05) is 38.1 Å². The standard InChI is InChI=1S/C25H32BrF2N3O4S/c1-5-17(2)29-25(33)18(3)30(16-19-8-10-20(26)11-9-19)24(32)7-6-14-31(36(4,34)35)21-12-13-22(27)23(28)15-21/h8-13,15,17-18H,5-7,14,16H2,1-4H3,(H,29,33)/t17-,18+/m0/s1. The van der Waals surface area contributed by atoms with Gasteiger partial charge >= 0.3 is 0 Å². The third-order valence-corrected chi connectivity index (χ3v) is 7.50. The molecule has 2 amide bonds. The fraction of sp³-hybridized carbons (Fsp3) is 0.440. The molecule has 198 valence electrons. The first-order chi connectivity index (χ1) is 16.8. The van der Waals surface area contributed by atoms with Crippen molar-refractivity contribution in [1.82, 2.24) is 10.2 Å². The van der Waals surface area contributed by atoms with Crippen LogP contribution >= 0.6 is 15.9 Å². The van der Waals surface area contributed by atoms with E-state index in [0.717, 1.165) is 39.2 Å². The Morgan fingerprint density at radius 1 is 1.06 bits per heavy atom. The van der Waals surface area contributed by atoms with Gasteiger partial charge in [-0.25, -0.2) is 17.2 Å². The second kappa shape index (κ2) is 13.1. The van der Waals surface area contributed by atoms with Gasteiger partial charge in [-0.05, 0) is 56.5 Å². The largest absolute Gasteiger partial charge is 0.352 e. The molecule has 0 radical (unpaired) electrons. The highest BCUT2D eigenvalue weighted by Crippen LogP contribution is 2.22. The van der Waals surface area contributed by atoms with Gasteiger partial charge in [0.05, 0.1) is 11.9 Å². The van der Waals surface area contributed by atoms with Gasteiger partial charge < -0.3 is 10.2 Å². The van der Waals surface area contributed by atoms with Crippen LogP contribution in [0.15, 0.2) is 46.9 Å². The van der Waals surface area contributed by atoms with Gasteiger partial charge in [0.15, 0.2) is 11.6 Å². The Morgan fingerprint density at radius 3 is 2.25 bits per heavy atom. The molecule has 0 bridgehead atoms. The van der Waals surface area contributed by atoms with Crippen molar-refractivity contribution in [1.29, 1.82) is 0 Å². The number of rotatable bonds is 12. The molecule has 0 aliphatic rings. The van der Waals surface area contributed by atoms with E-state index in [2.05, 4.69) is 21.2 Å².